The summed E-state index contributed by atoms with van der Waals surface area (Å²) >= 11 is 0. The standard InChI is InChI=1S/C14H18N2O2/c17-16(18)14-4-2-1-3-13(14)15-9-12(10-5-6-10)11-7-8-11/h1-4,10-12,15H,5-9H2. The molecule has 0 aromatic heterocycles. The maximum Gasteiger partial charge on any atom is 0.292 e. The molecule has 0 heterocycles. The second kappa shape index (κ2) is 4.59. The summed E-state index contributed by atoms with van der Waals surface area (Å²) in [4.78, 5) is 10.6. The Morgan fingerprint density at radius 1 is 1.22 bits per heavy atom. The largest absolute Gasteiger partial charge is 0.379 e. The quantitative estimate of drug-likeness (QED) is 0.618. The van der Waals surface area contributed by atoms with Crippen LogP contribution in [-0.4, -0.2) is 11.5 Å². The molecule has 18 heavy (non-hydrogen) atoms. The Bertz CT molecular complexity index is 441. The molecular formula is C14H18N2O2. The molecule has 0 unspecified atom stereocenters. The summed E-state index contributed by atoms with van der Waals surface area (Å²) < 4.78 is 0. The van der Waals surface area contributed by atoms with Crippen molar-refractivity contribution >= 4 is 11.4 Å². The van der Waals surface area contributed by atoms with E-state index in [4.69, 9.17) is 0 Å². The Hall–Kier alpha value is -1.58. The number of nitro groups is 1. The van der Waals surface area contributed by atoms with Crippen molar-refractivity contribution in [1.82, 2.24) is 0 Å². The first kappa shape index (κ1) is 11.5. The predicted molar refractivity (Wildman–Crippen MR) is 70.5 cm³/mol. The minimum Gasteiger partial charge on any atom is -0.379 e. The second-order valence-corrected chi connectivity index (χ2v) is 5.49. The summed E-state index contributed by atoms with van der Waals surface area (Å²) in [5.74, 6) is 2.46. The van der Waals surface area contributed by atoms with Crippen molar-refractivity contribution in [2.75, 3.05) is 11.9 Å². The number of nitrogens with one attached hydrogen (secondary N) is 1. The molecule has 2 fully saturated rings. The van der Waals surface area contributed by atoms with Crippen LogP contribution < -0.4 is 5.32 Å². The van der Waals surface area contributed by atoms with Gasteiger partial charge in [0.2, 0.25) is 0 Å². The van der Waals surface area contributed by atoms with E-state index in [1.807, 2.05) is 6.07 Å². The first-order valence-corrected chi connectivity index (χ1v) is 6.73. The van der Waals surface area contributed by atoms with Gasteiger partial charge in [0.25, 0.3) is 5.69 Å². The lowest BCUT2D eigenvalue weighted by atomic mass is 9.98. The zero-order valence-electron chi connectivity index (χ0n) is 10.3. The van der Waals surface area contributed by atoms with Gasteiger partial charge in [-0.05, 0) is 49.5 Å². The molecule has 0 aliphatic heterocycles. The van der Waals surface area contributed by atoms with Gasteiger partial charge in [-0.1, -0.05) is 12.1 Å². The maximum atomic E-state index is 10.9. The number of anilines is 1. The van der Waals surface area contributed by atoms with Crippen LogP contribution in [0.15, 0.2) is 24.3 Å². The van der Waals surface area contributed by atoms with Crippen molar-refractivity contribution in [1.29, 1.82) is 0 Å². The summed E-state index contributed by atoms with van der Waals surface area (Å²) in [5, 5.41) is 14.2. The molecule has 0 spiro atoms. The van der Waals surface area contributed by atoms with Gasteiger partial charge in [0.1, 0.15) is 5.69 Å². The van der Waals surface area contributed by atoms with Crippen molar-refractivity contribution < 1.29 is 4.92 Å². The Labute approximate surface area is 107 Å². The van der Waals surface area contributed by atoms with Crippen molar-refractivity contribution in [3.05, 3.63) is 34.4 Å². The Balaban J connectivity index is 1.66. The summed E-state index contributed by atoms with van der Waals surface area (Å²) in [6, 6.07) is 6.92. The molecule has 0 bridgehead atoms. The van der Waals surface area contributed by atoms with Gasteiger partial charge < -0.3 is 5.32 Å². The molecular weight excluding hydrogens is 228 g/mol. The van der Waals surface area contributed by atoms with Gasteiger partial charge >= 0.3 is 0 Å². The number of hydrogen-bond acceptors (Lipinski definition) is 3. The molecule has 2 saturated carbocycles. The van der Waals surface area contributed by atoms with Crippen LogP contribution in [0.3, 0.4) is 0 Å². The van der Waals surface area contributed by atoms with Crippen LogP contribution in [-0.2, 0) is 0 Å². The van der Waals surface area contributed by atoms with Gasteiger partial charge in [-0.3, -0.25) is 10.1 Å². The maximum absolute atomic E-state index is 10.9. The van der Waals surface area contributed by atoms with Crippen molar-refractivity contribution in [2.45, 2.75) is 25.7 Å². The molecule has 2 aliphatic carbocycles. The zero-order chi connectivity index (χ0) is 12.5. The monoisotopic (exact) mass is 246 g/mol. The summed E-state index contributed by atoms with van der Waals surface area (Å²) in [6.07, 6.45) is 5.39. The van der Waals surface area contributed by atoms with E-state index >= 15 is 0 Å². The van der Waals surface area contributed by atoms with Gasteiger partial charge in [0.05, 0.1) is 4.92 Å². The fraction of sp³-hybridized carbons (Fsp3) is 0.571. The van der Waals surface area contributed by atoms with Crippen molar-refractivity contribution in [3.63, 3.8) is 0 Å². The van der Waals surface area contributed by atoms with Gasteiger partial charge in [0, 0.05) is 12.6 Å². The van der Waals surface area contributed by atoms with E-state index in [1.54, 1.807) is 18.2 Å². The van der Waals surface area contributed by atoms with E-state index in [9.17, 15) is 10.1 Å². The van der Waals surface area contributed by atoms with Crippen LogP contribution in [0.4, 0.5) is 11.4 Å². The molecule has 96 valence electrons. The van der Waals surface area contributed by atoms with E-state index in [0.717, 1.165) is 24.3 Å². The first-order chi connectivity index (χ1) is 8.75. The predicted octanol–water partition coefficient (Wildman–Crippen LogP) is 3.44. The average Bonchev–Trinajstić information content (AvgIpc) is 3.24. The van der Waals surface area contributed by atoms with Crippen LogP contribution in [0.5, 0.6) is 0 Å². The van der Waals surface area contributed by atoms with Crippen LogP contribution in [0, 0.1) is 27.9 Å². The third-order valence-corrected chi connectivity index (χ3v) is 4.08. The second-order valence-electron chi connectivity index (χ2n) is 5.49. The fourth-order valence-corrected chi connectivity index (χ4v) is 2.78. The molecule has 1 aromatic carbocycles. The highest BCUT2D eigenvalue weighted by molar-refractivity contribution is 5.61. The van der Waals surface area contributed by atoms with Crippen molar-refractivity contribution in [3.8, 4) is 0 Å². The Morgan fingerprint density at radius 2 is 1.83 bits per heavy atom. The molecule has 0 atom stereocenters. The van der Waals surface area contributed by atoms with E-state index in [2.05, 4.69) is 5.32 Å². The highest BCUT2D eigenvalue weighted by atomic mass is 16.6. The van der Waals surface area contributed by atoms with E-state index in [-0.39, 0.29) is 10.6 Å². The van der Waals surface area contributed by atoms with Crippen LogP contribution in [0.1, 0.15) is 25.7 Å². The van der Waals surface area contributed by atoms with Gasteiger partial charge in [-0.25, -0.2) is 0 Å². The molecule has 2 aliphatic rings. The van der Waals surface area contributed by atoms with Gasteiger partial charge in [-0.15, -0.1) is 0 Å². The lowest BCUT2D eigenvalue weighted by molar-refractivity contribution is -0.384. The molecule has 1 aromatic rings. The minimum atomic E-state index is -0.314. The topological polar surface area (TPSA) is 55.2 Å². The number of nitro benzene ring substituents is 1. The number of hydrogen-bond donors (Lipinski definition) is 1. The number of benzene rings is 1. The molecule has 1 N–H and O–H groups in total. The Kier molecular flexibility index (Phi) is 2.94. The lowest BCUT2D eigenvalue weighted by Gasteiger charge is -2.16. The summed E-state index contributed by atoms with van der Waals surface area (Å²) in [7, 11) is 0. The molecule has 0 saturated heterocycles. The fourth-order valence-electron chi connectivity index (χ4n) is 2.78. The number of para-hydroxylation sites is 2. The number of nitrogens with zero attached hydrogens (tertiary/aromatic N) is 1. The molecule has 4 heteroatoms. The smallest absolute Gasteiger partial charge is 0.292 e. The van der Waals surface area contributed by atoms with E-state index in [0.29, 0.717) is 5.69 Å². The van der Waals surface area contributed by atoms with E-state index < -0.39 is 0 Å². The van der Waals surface area contributed by atoms with Crippen LogP contribution in [0.25, 0.3) is 0 Å². The summed E-state index contributed by atoms with van der Waals surface area (Å²) in [5.41, 5.74) is 0.844. The summed E-state index contributed by atoms with van der Waals surface area (Å²) in [6.45, 7) is 0.889. The molecule has 0 amide bonds. The highest BCUT2D eigenvalue weighted by Gasteiger charge is 2.41. The van der Waals surface area contributed by atoms with Crippen LogP contribution in [0.2, 0.25) is 0 Å². The Morgan fingerprint density at radius 3 is 2.39 bits per heavy atom. The third kappa shape index (κ3) is 2.47. The normalized spacial score (nSPS) is 18.9. The average molecular weight is 246 g/mol. The third-order valence-electron chi connectivity index (χ3n) is 4.08. The SMILES string of the molecule is O=[N+]([O-])c1ccccc1NCC(C1CC1)C1CC1. The first-order valence-electron chi connectivity index (χ1n) is 6.73. The highest BCUT2D eigenvalue weighted by Crippen LogP contribution is 2.49. The van der Waals surface area contributed by atoms with Gasteiger partial charge in [-0.2, -0.15) is 0 Å². The lowest BCUT2D eigenvalue weighted by Crippen LogP contribution is -2.18. The minimum absolute atomic E-state index is 0.183. The van der Waals surface area contributed by atoms with Gasteiger partial charge in [0.15, 0.2) is 0 Å². The molecule has 3 rings (SSSR count). The zero-order valence-corrected chi connectivity index (χ0v) is 10.3. The molecule has 0 radical (unpaired) electrons. The van der Waals surface area contributed by atoms with Crippen molar-refractivity contribution in [2.24, 2.45) is 17.8 Å². The number of rotatable bonds is 6. The molecule has 4 nitrogen and oxygen atoms in total. The van der Waals surface area contributed by atoms with E-state index in [1.165, 1.54) is 25.7 Å². The van der Waals surface area contributed by atoms with Crippen LogP contribution >= 0.6 is 0 Å².